The number of halogens is 1. The fourth-order valence-electron chi connectivity index (χ4n) is 2.27. The van der Waals surface area contributed by atoms with Crippen LogP contribution in [0.5, 0.6) is 0 Å². The molecule has 1 saturated carbocycles. The Morgan fingerprint density at radius 2 is 2.10 bits per heavy atom. The van der Waals surface area contributed by atoms with Crippen LogP contribution < -0.4 is 10.6 Å². The molecule has 21 heavy (non-hydrogen) atoms. The lowest BCUT2D eigenvalue weighted by Crippen LogP contribution is -2.45. The summed E-state index contributed by atoms with van der Waals surface area (Å²) in [4.78, 5) is 6.70. The van der Waals surface area contributed by atoms with E-state index in [0.29, 0.717) is 12.6 Å². The number of likely N-dealkylation sites (N-methyl/N-ethyl adjacent to an activating group) is 1. The second-order valence-electron chi connectivity index (χ2n) is 5.64. The first kappa shape index (κ1) is 16.1. The van der Waals surface area contributed by atoms with E-state index in [1.54, 1.807) is 7.05 Å². The number of hydrogen-bond donors (Lipinski definition) is 2. The van der Waals surface area contributed by atoms with Crippen molar-refractivity contribution in [3.63, 3.8) is 0 Å². The zero-order valence-electron chi connectivity index (χ0n) is 13.1. The number of aliphatic imine (C=N–C) groups is 1. The first-order chi connectivity index (χ1) is 10.1. The van der Waals surface area contributed by atoms with Crippen molar-refractivity contribution in [1.29, 1.82) is 0 Å². The van der Waals surface area contributed by atoms with Crippen LogP contribution in [-0.4, -0.2) is 43.6 Å². The molecule has 4 nitrogen and oxygen atoms in total. The van der Waals surface area contributed by atoms with Crippen molar-refractivity contribution in [2.75, 3.05) is 20.6 Å². The van der Waals surface area contributed by atoms with E-state index >= 15 is 0 Å². The number of nitrogens with one attached hydrogen (secondary N) is 2. The smallest absolute Gasteiger partial charge is 0.191 e. The third kappa shape index (κ3) is 4.90. The lowest BCUT2D eigenvalue weighted by Gasteiger charge is -2.25. The largest absolute Gasteiger partial charge is 0.355 e. The number of nitrogens with zero attached hydrogens (tertiary/aromatic N) is 2. The minimum Gasteiger partial charge on any atom is -0.355 e. The van der Waals surface area contributed by atoms with Gasteiger partial charge in [0.1, 0.15) is 0 Å². The molecule has 0 bridgehead atoms. The highest BCUT2D eigenvalue weighted by Gasteiger charge is 2.28. The van der Waals surface area contributed by atoms with Gasteiger partial charge in [0, 0.05) is 37.2 Å². The van der Waals surface area contributed by atoms with Crippen molar-refractivity contribution < 1.29 is 0 Å². The van der Waals surface area contributed by atoms with Gasteiger partial charge in [0.2, 0.25) is 0 Å². The molecule has 1 atom stereocenters. The Morgan fingerprint density at radius 3 is 2.71 bits per heavy atom. The summed E-state index contributed by atoms with van der Waals surface area (Å²) >= 11 is 6.15. The highest BCUT2D eigenvalue weighted by Crippen LogP contribution is 2.26. The average Bonchev–Trinajstić information content (AvgIpc) is 3.32. The van der Waals surface area contributed by atoms with E-state index in [-0.39, 0.29) is 0 Å². The van der Waals surface area contributed by atoms with Crippen LogP contribution in [0.3, 0.4) is 0 Å². The van der Waals surface area contributed by atoms with Crippen molar-refractivity contribution in [1.82, 2.24) is 15.5 Å². The summed E-state index contributed by atoms with van der Waals surface area (Å²) in [5, 5.41) is 7.46. The molecule has 1 aromatic rings. The van der Waals surface area contributed by atoms with Crippen LogP contribution in [0.4, 0.5) is 0 Å². The van der Waals surface area contributed by atoms with E-state index in [9.17, 15) is 0 Å². The summed E-state index contributed by atoms with van der Waals surface area (Å²) in [6.45, 7) is 3.80. The van der Waals surface area contributed by atoms with Crippen molar-refractivity contribution >= 4 is 17.6 Å². The summed E-state index contributed by atoms with van der Waals surface area (Å²) in [5.41, 5.74) is 1.07. The summed E-state index contributed by atoms with van der Waals surface area (Å²) in [7, 11) is 3.99. The molecule has 1 aliphatic carbocycles. The molecule has 2 rings (SSSR count). The Labute approximate surface area is 132 Å². The lowest BCUT2D eigenvalue weighted by atomic mass is 10.2. The molecule has 1 aliphatic rings. The Kier molecular flexibility index (Phi) is 5.88. The summed E-state index contributed by atoms with van der Waals surface area (Å²) in [5.74, 6) is 0.811. The third-order valence-corrected chi connectivity index (χ3v) is 4.38. The Balaban J connectivity index is 1.77. The second-order valence-corrected chi connectivity index (χ2v) is 6.05. The van der Waals surface area contributed by atoms with Gasteiger partial charge in [-0.15, -0.1) is 0 Å². The minimum atomic E-state index is 0.497. The average molecular weight is 309 g/mol. The van der Waals surface area contributed by atoms with E-state index in [1.807, 2.05) is 24.3 Å². The fraction of sp³-hybridized carbons (Fsp3) is 0.562. The van der Waals surface area contributed by atoms with Crippen LogP contribution in [0.1, 0.15) is 25.3 Å². The van der Waals surface area contributed by atoms with Crippen LogP contribution in [0.15, 0.2) is 29.3 Å². The van der Waals surface area contributed by atoms with Crippen molar-refractivity contribution in [2.24, 2.45) is 4.99 Å². The molecule has 116 valence electrons. The van der Waals surface area contributed by atoms with Crippen LogP contribution in [0.2, 0.25) is 5.02 Å². The van der Waals surface area contributed by atoms with Crippen LogP contribution in [0.25, 0.3) is 0 Å². The van der Waals surface area contributed by atoms with Crippen molar-refractivity contribution in [3.8, 4) is 0 Å². The Bertz CT molecular complexity index is 485. The molecule has 1 unspecified atom stereocenters. The molecule has 2 N–H and O–H groups in total. The second kappa shape index (κ2) is 7.66. The van der Waals surface area contributed by atoms with E-state index in [0.717, 1.165) is 29.1 Å². The van der Waals surface area contributed by atoms with Crippen molar-refractivity contribution in [3.05, 3.63) is 34.9 Å². The highest BCUT2D eigenvalue weighted by atomic mass is 35.5. The molecule has 0 aromatic heterocycles. The standard InChI is InChI=1S/C16H25ClN4/c1-12(21(3)14-8-9-14)10-19-16(18-2)20-11-13-6-4-5-7-15(13)17/h4-7,12,14H,8-11H2,1-3H3,(H2,18,19,20). The van der Waals surface area contributed by atoms with Gasteiger partial charge >= 0.3 is 0 Å². The summed E-state index contributed by atoms with van der Waals surface area (Å²) in [6.07, 6.45) is 2.67. The molecule has 1 aromatic carbocycles. The number of hydrogen-bond acceptors (Lipinski definition) is 2. The van der Waals surface area contributed by atoms with Crippen LogP contribution in [0, 0.1) is 0 Å². The van der Waals surface area contributed by atoms with E-state index in [2.05, 4.69) is 34.5 Å². The molecule has 0 amide bonds. The normalized spacial score (nSPS) is 16.9. The molecule has 0 aliphatic heterocycles. The molecule has 0 spiro atoms. The Morgan fingerprint density at radius 1 is 1.38 bits per heavy atom. The number of guanidine groups is 1. The van der Waals surface area contributed by atoms with Gasteiger partial charge in [0.25, 0.3) is 0 Å². The quantitative estimate of drug-likeness (QED) is 0.626. The topological polar surface area (TPSA) is 39.7 Å². The molecule has 0 heterocycles. The first-order valence-electron chi connectivity index (χ1n) is 7.51. The third-order valence-electron chi connectivity index (χ3n) is 4.01. The highest BCUT2D eigenvalue weighted by molar-refractivity contribution is 6.31. The molecule has 0 radical (unpaired) electrons. The molecule has 5 heteroatoms. The molecule has 0 saturated heterocycles. The zero-order valence-corrected chi connectivity index (χ0v) is 13.8. The summed E-state index contributed by atoms with van der Waals surface area (Å²) < 4.78 is 0. The van der Waals surface area contributed by atoms with E-state index < -0.39 is 0 Å². The number of benzene rings is 1. The maximum atomic E-state index is 6.15. The zero-order chi connectivity index (χ0) is 15.2. The SMILES string of the molecule is CN=C(NCc1ccccc1Cl)NCC(C)N(C)C1CC1. The van der Waals surface area contributed by atoms with Gasteiger partial charge in [0.05, 0.1) is 0 Å². The Hall–Kier alpha value is -1.26. The molecular weight excluding hydrogens is 284 g/mol. The van der Waals surface area contributed by atoms with Gasteiger partial charge in [-0.3, -0.25) is 9.89 Å². The number of rotatable bonds is 6. The summed E-state index contributed by atoms with van der Waals surface area (Å²) in [6, 6.07) is 9.13. The molecule has 1 fully saturated rings. The van der Waals surface area contributed by atoms with E-state index in [4.69, 9.17) is 11.6 Å². The van der Waals surface area contributed by atoms with Gasteiger partial charge in [-0.1, -0.05) is 29.8 Å². The van der Waals surface area contributed by atoms with Gasteiger partial charge in [-0.05, 0) is 38.4 Å². The predicted octanol–water partition coefficient (Wildman–Crippen LogP) is 2.49. The van der Waals surface area contributed by atoms with Crippen LogP contribution in [-0.2, 0) is 6.54 Å². The van der Waals surface area contributed by atoms with Gasteiger partial charge in [-0.2, -0.15) is 0 Å². The lowest BCUT2D eigenvalue weighted by molar-refractivity contribution is 0.247. The van der Waals surface area contributed by atoms with Gasteiger partial charge in [0.15, 0.2) is 5.96 Å². The van der Waals surface area contributed by atoms with Gasteiger partial charge < -0.3 is 10.6 Å². The first-order valence-corrected chi connectivity index (χ1v) is 7.89. The maximum absolute atomic E-state index is 6.15. The minimum absolute atomic E-state index is 0.497. The van der Waals surface area contributed by atoms with Crippen LogP contribution >= 0.6 is 11.6 Å². The van der Waals surface area contributed by atoms with E-state index in [1.165, 1.54) is 12.8 Å². The monoisotopic (exact) mass is 308 g/mol. The predicted molar refractivity (Wildman–Crippen MR) is 89.9 cm³/mol. The molecular formula is C16H25ClN4. The maximum Gasteiger partial charge on any atom is 0.191 e. The van der Waals surface area contributed by atoms with Crippen molar-refractivity contribution in [2.45, 2.75) is 38.4 Å². The fourth-order valence-corrected chi connectivity index (χ4v) is 2.47. The van der Waals surface area contributed by atoms with Gasteiger partial charge in [-0.25, -0.2) is 0 Å².